The van der Waals surface area contributed by atoms with E-state index in [0.29, 0.717) is 17.7 Å². The highest BCUT2D eigenvalue weighted by molar-refractivity contribution is 14.1. The number of benzene rings is 2. The van der Waals surface area contributed by atoms with Gasteiger partial charge < -0.3 is 4.74 Å². The Morgan fingerprint density at radius 2 is 1.64 bits per heavy atom. The van der Waals surface area contributed by atoms with Gasteiger partial charge in [0.15, 0.2) is 5.78 Å². The van der Waals surface area contributed by atoms with Gasteiger partial charge in [-0.2, -0.15) is 0 Å². The molecule has 0 unspecified atom stereocenters. The van der Waals surface area contributed by atoms with E-state index in [1.807, 2.05) is 55.6 Å². The van der Waals surface area contributed by atoms with Crippen LogP contribution in [0.5, 0.6) is 5.75 Å². The van der Waals surface area contributed by atoms with Crippen molar-refractivity contribution in [3.05, 3.63) is 88.0 Å². The first kappa shape index (κ1) is 19.4. The zero-order chi connectivity index (χ0) is 18.1. The van der Waals surface area contributed by atoms with E-state index >= 15 is 0 Å². The molecule has 0 aliphatic carbocycles. The summed E-state index contributed by atoms with van der Waals surface area (Å²) in [5, 5.41) is 0. The van der Waals surface area contributed by atoms with E-state index < -0.39 is 0 Å². The fraction of sp³-hybridized carbons (Fsp3) is 0.190. The molecule has 0 aliphatic rings. The minimum absolute atomic E-state index is 0.0214. The van der Waals surface area contributed by atoms with Gasteiger partial charge in [-0.3, -0.25) is 9.69 Å². The van der Waals surface area contributed by atoms with Crippen LogP contribution in [0.2, 0.25) is 0 Å². The van der Waals surface area contributed by atoms with Gasteiger partial charge >= 0.3 is 0 Å². The predicted molar refractivity (Wildman–Crippen MR) is 111 cm³/mol. The van der Waals surface area contributed by atoms with Crippen molar-refractivity contribution in [2.75, 3.05) is 26.7 Å². The van der Waals surface area contributed by atoms with E-state index in [1.54, 1.807) is 12.1 Å². The van der Waals surface area contributed by atoms with Gasteiger partial charge in [-0.25, -0.2) is 0 Å². The largest absolute Gasteiger partial charge is 0.490 e. The molecule has 0 saturated carbocycles. The Hall–Kier alpha value is -1.92. The number of likely N-dealkylation sites (N-methyl/N-ethyl adjacent to an activating group) is 1. The number of nitrogens with zero attached hydrogens (tertiary/aromatic N) is 1. The van der Waals surface area contributed by atoms with Crippen LogP contribution in [0.25, 0.3) is 0 Å². The average Bonchev–Trinajstić information content (AvgIpc) is 2.62. The molecule has 0 amide bonds. The van der Waals surface area contributed by atoms with Gasteiger partial charge in [0.1, 0.15) is 12.4 Å². The summed E-state index contributed by atoms with van der Waals surface area (Å²) in [6, 6.07) is 14.8. The smallest absolute Gasteiger partial charge is 0.193 e. The lowest BCUT2D eigenvalue weighted by Crippen LogP contribution is -2.17. The third-order valence-corrected chi connectivity index (χ3v) is 4.31. The summed E-state index contributed by atoms with van der Waals surface area (Å²) < 4.78 is 6.78. The number of ether oxygens (including phenoxy) is 1. The fourth-order valence-electron chi connectivity index (χ4n) is 2.23. The summed E-state index contributed by atoms with van der Waals surface area (Å²) in [5.74, 6) is 0.774. The maximum Gasteiger partial charge on any atom is 0.193 e. The Bertz CT molecular complexity index is 721. The summed E-state index contributed by atoms with van der Waals surface area (Å²) >= 11 is 2.22. The summed E-state index contributed by atoms with van der Waals surface area (Å²) in [6.45, 7) is 5.94. The number of halogens is 1. The van der Waals surface area contributed by atoms with Crippen molar-refractivity contribution in [1.82, 2.24) is 4.90 Å². The van der Waals surface area contributed by atoms with Crippen molar-refractivity contribution in [3.8, 4) is 5.75 Å². The molecule has 0 N–H and O–H groups in total. The monoisotopic (exact) mass is 447 g/mol. The molecule has 2 rings (SSSR count). The van der Waals surface area contributed by atoms with Crippen molar-refractivity contribution in [2.24, 2.45) is 0 Å². The van der Waals surface area contributed by atoms with Gasteiger partial charge in [-0.05, 0) is 78.2 Å². The first-order valence-electron chi connectivity index (χ1n) is 8.07. The highest BCUT2D eigenvalue weighted by Gasteiger charge is 2.08. The Morgan fingerprint density at radius 1 is 1.04 bits per heavy atom. The zero-order valence-electron chi connectivity index (χ0n) is 14.3. The summed E-state index contributed by atoms with van der Waals surface area (Å²) in [7, 11) is 2.04. The van der Waals surface area contributed by atoms with Crippen molar-refractivity contribution < 1.29 is 9.53 Å². The average molecular weight is 447 g/mol. The fourth-order valence-corrected chi connectivity index (χ4v) is 2.59. The first-order chi connectivity index (χ1) is 12.1. The van der Waals surface area contributed by atoms with Crippen molar-refractivity contribution in [1.29, 1.82) is 0 Å². The Labute approximate surface area is 163 Å². The minimum Gasteiger partial charge on any atom is -0.490 e. The number of carbonyl (C=O) groups is 1. The van der Waals surface area contributed by atoms with E-state index in [1.165, 1.54) is 0 Å². The molecule has 0 spiro atoms. The standard InChI is InChI=1S/C21H22INO2/c1-3-14-23(2)15-4-5-16-25-20-12-8-18(9-13-20)21(24)17-6-10-19(22)11-7-17/h3-13H,1,14-16H2,2H3/b5-4+. The van der Waals surface area contributed by atoms with Crippen LogP contribution in [-0.4, -0.2) is 37.4 Å². The maximum absolute atomic E-state index is 12.4. The normalized spacial score (nSPS) is 11.0. The van der Waals surface area contributed by atoms with E-state index in [2.05, 4.69) is 40.1 Å². The highest BCUT2D eigenvalue weighted by atomic mass is 127. The van der Waals surface area contributed by atoms with Gasteiger partial charge in [-0.15, -0.1) is 6.58 Å². The van der Waals surface area contributed by atoms with Crippen LogP contribution in [0.3, 0.4) is 0 Å². The molecule has 0 saturated heterocycles. The van der Waals surface area contributed by atoms with Gasteiger partial charge in [0, 0.05) is 27.8 Å². The quantitative estimate of drug-likeness (QED) is 0.320. The second kappa shape index (κ2) is 10.2. The Balaban J connectivity index is 1.85. The molecule has 130 valence electrons. The molecule has 4 heteroatoms. The predicted octanol–water partition coefficient (Wildman–Crippen LogP) is 4.58. The number of hydrogen-bond donors (Lipinski definition) is 0. The zero-order valence-corrected chi connectivity index (χ0v) is 16.5. The number of ketones is 1. The van der Waals surface area contributed by atoms with Gasteiger partial charge in [0.2, 0.25) is 0 Å². The molecule has 0 heterocycles. The Kier molecular flexibility index (Phi) is 7.88. The summed E-state index contributed by atoms with van der Waals surface area (Å²) in [5.41, 5.74) is 1.36. The molecule has 25 heavy (non-hydrogen) atoms. The number of carbonyl (C=O) groups excluding carboxylic acids is 1. The second-order valence-corrected chi connectivity index (χ2v) is 6.90. The summed E-state index contributed by atoms with van der Waals surface area (Å²) in [6.07, 6.45) is 5.94. The lowest BCUT2D eigenvalue weighted by atomic mass is 10.0. The van der Waals surface area contributed by atoms with Crippen molar-refractivity contribution in [3.63, 3.8) is 0 Å². The van der Waals surface area contributed by atoms with Crippen LogP contribution < -0.4 is 4.74 Å². The molecular weight excluding hydrogens is 425 g/mol. The molecule has 0 aliphatic heterocycles. The summed E-state index contributed by atoms with van der Waals surface area (Å²) in [4.78, 5) is 14.6. The molecular formula is C21H22INO2. The third kappa shape index (κ3) is 6.48. The molecule has 0 atom stereocenters. The second-order valence-electron chi connectivity index (χ2n) is 5.65. The third-order valence-electron chi connectivity index (χ3n) is 3.59. The van der Waals surface area contributed by atoms with Crippen LogP contribution in [-0.2, 0) is 0 Å². The molecule has 0 aromatic heterocycles. The van der Waals surface area contributed by atoms with Crippen LogP contribution in [0, 0.1) is 3.57 Å². The van der Waals surface area contributed by atoms with Gasteiger partial charge in [-0.1, -0.05) is 18.2 Å². The molecule has 0 bridgehead atoms. The van der Waals surface area contributed by atoms with E-state index in [-0.39, 0.29) is 5.78 Å². The lowest BCUT2D eigenvalue weighted by Gasteiger charge is -2.10. The van der Waals surface area contributed by atoms with Gasteiger partial charge in [0.05, 0.1) is 0 Å². The van der Waals surface area contributed by atoms with Gasteiger partial charge in [0.25, 0.3) is 0 Å². The number of rotatable bonds is 9. The minimum atomic E-state index is 0.0214. The highest BCUT2D eigenvalue weighted by Crippen LogP contribution is 2.16. The molecule has 0 fully saturated rings. The Morgan fingerprint density at radius 3 is 2.24 bits per heavy atom. The molecule has 3 nitrogen and oxygen atoms in total. The van der Waals surface area contributed by atoms with Crippen LogP contribution in [0.4, 0.5) is 0 Å². The van der Waals surface area contributed by atoms with Crippen molar-refractivity contribution in [2.45, 2.75) is 0 Å². The van der Waals surface area contributed by atoms with Crippen LogP contribution in [0.15, 0.2) is 73.3 Å². The van der Waals surface area contributed by atoms with Crippen LogP contribution >= 0.6 is 22.6 Å². The molecule has 0 radical (unpaired) electrons. The maximum atomic E-state index is 12.4. The van der Waals surface area contributed by atoms with E-state index in [0.717, 1.165) is 22.4 Å². The SMILES string of the molecule is C=CCN(C)C/C=C/COc1ccc(C(=O)c2ccc(I)cc2)cc1. The first-order valence-corrected chi connectivity index (χ1v) is 9.15. The molecule has 2 aromatic rings. The molecule has 2 aromatic carbocycles. The van der Waals surface area contributed by atoms with E-state index in [9.17, 15) is 4.79 Å². The van der Waals surface area contributed by atoms with E-state index in [4.69, 9.17) is 4.74 Å². The topological polar surface area (TPSA) is 29.5 Å². The number of hydrogen-bond acceptors (Lipinski definition) is 3. The van der Waals surface area contributed by atoms with Crippen LogP contribution in [0.1, 0.15) is 15.9 Å². The van der Waals surface area contributed by atoms with Crippen molar-refractivity contribution >= 4 is 28.4 Å². The lowest BCUT2D eigenvalue weighted by molar-refractivity contribution is 0.103.